The van der Waals surface area contributed by atoms with Gasteiger partial charge in [0.2, 0.25) is 11.7 Å². The van der Waals surface area contributed by atoms with Gasteiger partial charge < -0.3 is 9.51 Å². The van der Waals surface area contributed by atoms with Gasteiger partial charge in [0.05, 0.1) is 17.9 Å². The van der Waals surface area contributed by atoms with Crippen LogP contribution in [0.25, 0.3) is 11.4 Å². The number of hydrogen-bond acceptors (Lipinski definition) is 5. The van der Waals surface area contributed by atoms with E-state index in [1.54, 1.807) is 6.33 Å². The molecule has 0 saturated carbocycles. The normalized spacial score (nSPS) is 18.8. The average Bonchev–Trinajstić information content (AvgIpc) is 3.26. The molecule has 0 bridgehead atoms. The third kappa shape index (κ3) is 3.10. The van der Waals surface area contributed by atoms with E-state index in [2.05, 4.69) is 31.9 Å². The number of hydrogen-bond donors (Lipinski definition) is 1. The van der Waals surface area contributed by atoms with E-state index in [-0.39, 0.29) is 0 Å². The first kappa shape index (κ1) is 15.1. The predicted molar refractivity (Wildman–Crippen MR) is 90.3 cm³/mol. The van der Waals surface area contributed by atoms with Gasteiger partial charge in [0.15, 0.2) is 0 Å². The van der Waals surface area contributed by atoms with Gasteiger partial charge in [0.25, 0.3) is 0 Å². The molecule has 3 aromatic rings. The monoisotopic (exact) mass is 323 g/mol. The van der Waals surface area contributed by atoms with E-state index in [9.17, 15) is 0 Å². The number of H-pyrrole nitrogens is 1. The molecule has 1 aliphatic rings. The van der Waals surface area contributed by atoms with Crippen molar-refractivity contribution in [2.75, 3.05) is 13.1 Å². The second-order valence-corrected chi connectivity index (χ2v) is 6.37. The van der Waals surface area contributed by atoms with E-state index >= 15 is 0 Å². The van der Waals surface area contributed by atoms with Crippen LogP contribution >= 0.6 is 0 Å². The van der Waals surface area contributed by atoms with Crippen molar-refractivity contribution < 1.29 is 4.52 Å². The second-order valence-electron chi connectivity index (χ2n) is 6.37. The summed E-state index contributed by atoms with van der Waals surface area (Å²) < 4.78 is 5.56. The predicted octanol–water partition coefficient (Wildman–Crippen LogP) is 3.15. The summed E-state index contributed by atoms with van der Waals surface area (Å²) in [5.74, 6) is 1.71. The Balaban J connectivity index is 1.46. The molecule has 24 heavy (non-hydrogen) atoms. The molecule has 1 fully saturated rings. The van der Waals surface area contributed by atoms with Crippen LogP contribution in [0, 0.1) is 6.92 Å². The zero-order valence-corrected chi connectivity index (χ0v) is 13.8. The van der Waals surface area contributed by atoms with Gasteiger partial charge >= 0.3 is 0 Å². The van der Waals surface area contributed by atoms with Gasteiger partial charge in [-0.25, -0.2) is 4.98 Å². The van der Waals surface area contributed by atoms with Crippen LogP contribution < -0.4 is 0 Å². The Morgan fingerprint density at radius 2 is 2.17 bits per heavy atom. The standard InChI is InChI=1S/C18H21N5O/c1-13-16(20-12-19-13)11-23-9-5-8-15(10-23)18-21-17(22-24-18)14-6-3-2-4-7-14/h2-4,6-7,12,15H,5,8-11H2,1H3,(H,19,20)/t15-/m0/s1. The molecule has 1 aromatic carbocycles. The van der Waals surface area contributed by atoms with Gasteiger partial charge in [-0.2, -0.15) is 4.98 Å². The lowest BCUT2D eigenvalue weighted by molar-refractivity contribution is 0.178. The van der Waals surface area contributed by atoms with E-state index in [0.717, 1.165) is 55.3 Å². The number of nitrogens with zero attached hydrogens (tertiary/aromatic N) is 4. The van der Waals surface area contributed by atoms with E-state index in [0.29, 0.717) is 11.7 Å². The van der Waals surface area contributed by atoms with Crippen LogP contribution in [0.1, 0.15) is 36.0 Å². The van der Waals surface area contributed by atoms with Crippen LogP contribution in [0.2, 0.25) is 0 Å². The van der Waals surface area contributed by atoms with Gasteiger partial charge in [-0.15, -0.1) is 0 Å². The van der Waals surface area contributed by atoms with Crippen molar-refractivity contribution in [2.45, 2.75) is 32.2 Å². The average molecular weight is 323 g/mol. The fraction of sp³-hybridized carbons (Fsp3) is 0.389. The van der Waals surface area contributed by atoms with Gasteiger partial charge in [0.1, 0.15) is 0 Å². The first-order valence-electron chi connectivity index (χ1n) is 8.40. The summed E-state index contributed by atoms with van der Waals surface area (Å²) in [6.45, 7) is 4.95. The van der Waals surface area contributed by atoms with Crippen molar-refractivity contribution in [1.82, 2.24) is 25.0 Å². The van der Waals surface area contributed by atoms with Crippen molar-refractivity contribution in [2.24, 2.45) is 0 Å². The lowest BCUT2D eigenvalue weighted by Gasteiger charge is -2.30. The number of likely N-dealkylation sites (tertiary alicyclic amines) is 1. The number of nitrogens with one attached hydrogen (secondary N) is 1. The minimum Gasteiger partial charge on any atom is -0.348 e. The summed E-state index contributed by atoms with van der Waals surface area (Å²) in [5, 5.41) is 4.15. The topological polar surface area (TPSA) is 70.8 Å². The summed E-state index contributed by atoms with van der Waals surface area (Å²) in [6, 6.07) is 9.96. The van der Waals surface area contributed by atoms with Crippen LogP contribution in [0.15, 0.2) is 41.2 Å². The Morgan fingerprint density at radius 3 is 2.96 bits per heavy atom. The van der Waals surface area contributed by atoms with Crippen molar-refractivity contribution >= 4 is 0 Å². The third-order valence-electron chi connectivity index (χ3n) is 4.64. The van der Waals surface area contributed by atoms with Crippen LogP contribution in [-0.2, 0) is 6.54 Å². The van der Waals surface area contributed by atoms with Crippen LogP contribution in [0.4, 0.5) is 0 Å². The first-order valence-corrected chi connectivity index (χ1v) is 8.40. The first-order chi connectivity index (χ1) is 11.8. The number of piperidine rings is 1. The molecule has 1 N–H and O–H groups in total. The highest BCUT2D eigenvalue weighted by Crippen LogP contribution is 2.28. The van der Waals surface area contributed by atoms with E-state index in [1.807, 2.05) is 30.3 Å². The molecule has 1 saturated heterocycles. The zero-order chi connectivity index (χ0) is 16.4. The number of aromatic nitrogens is 4. The molecule has 0 unspecified atom stereocenters. The second kappa shape index (κ2) is 6.57. The molecule has 3 heterocycles. The van der Waals surface area contributed by atoms with Crippen molar-refractivity contribution in [3.63, 3.8) is 0 Å². The van der Waals surface area contributed by atoms with Crippen LogP contribution in [0.3, 0.4) is 0 Å². The third-order valence-corrected chi connectivity index (χ3v) is 4.64. The number of benzene rings is 1. The molecule has 6 heteroatoms. The molecule has 0 spiro atoms. The maximum absolute atomic E-state index is 5.56. The lowest BCUT2D eigenvalue weighted by atomic mass is 9.98. The Morgan fingerprint density at radius 1 is 1.29 bits per heavy atom. The molecular formula is C18H21N5O. The van der Waals surface area contributed by atoms with Crippen molar-refractivity contribution in [3.05, 3.63) is 53.9 Å². The molecule has 2 aromatic heterocycles. The van der Waals surface area contributed by atoms with Gasteiger partial charge in [-0.05, 0) is 26.3 Å². The maximum Gasteiger partial charge on any atom is 0.231 e. The molecule has 1 atom stereocenters. The van der Waals surface area contributed by atoms with Gasteiger partial charge in [-0.3, -0.25) is 4.90 Å². The highest BCUT2D eigenvalue weighted by molar-refractivity contribution is 5.53. The fourth-order valence-corrected chi connectivity index (χ4v) is 3.26. The molecule has 124 valence electrons. The molecule has 6 nitrogen and oxygen atoms in total. The highest BCUT2D eigenvalue weighted by atomic mass is 16.5. The number of aromatic amines is 1. The summed E-state index contributed by atoms with van der Waals surface area (Å²) in [4.78, 5) is 14.6. The summed E-state index contributed by atoms with van der Waals surface area (Å²) >= 11 is 0. The molecule has 4 rings (SSSR count). The Hall–Kier alpha value is -2.47. The maximum atomic E-state index is 5.56. The summed E-state index contributed by atoms with van der Waals surface area (Å²) in [6.07, 6.45) is 3.99. The van der Waals surface area contributed by atoms with E-state index in [1.165, 1.54) is 0 Å². The molecule has 0 radical (unpaired) electrons. The Labute approximate surface area is 140 Å². The Kier molecular flexibility index (Phi) is 4.13. The quantitative estimate of drug-likeness (QED) is 0.798. The van der Waals surface area contributed by atoms with Crippen molar-refractivity contribution in [1.29, 1.82) is 0 Å². The highest BCUT2D eigenvalue weighted by Gasteiger charge is 2.26. The van der Waals surface area contributed by atoms with Crippen LogP contribution in [0.5, 0.6) is 0 Å². The number of aryl methyl sites for hydroxylation is 1. The summed E-state index contributed by atoms with van der Waals surface area (Å²) in [5.41, 5.74) is 3.25. The van der Waals surface area contributed by atoms with Crippen molar-refractivity contribution in [3.8, 4) is 11.4 Å². The van der Waals surface area contributed by atoms with Gasteiger partial charge in [-0.1, -0.05) is 35.5 Å². The fourth-order valence-electron chi connectivity index (χ4n) is 3.26. The van der Waals surface area contributed by atoms with Gasteiger partial charge in [0, 0.05) is 24.3 Å². The summed E-state index contributed by atoms with van der Waals surface area (Å²) in [7, 11) is 0. The number of imidazole rings is 1. The Bertz CT molecular complexity index is 795. The molecule has 0 amide bonds. The largest absolute Gasteiger partial charge is 0.348 e. The minimum absolute atomic E-state index is 0.294. The zero-order valence-electron chi connectivity index (χ0n) is 13.8. The SMILES string of the molecule is Cc1[nH]cnc1CN1CCC[C@H](c2nc(-c3ccccc3)no2)C1. The smallest absolute Gasteiger partial charge is 0.231 e. The lowest BCUT2D eigenvalue weighted by Crippen LogP contribution is -2.34. The van der Waals surface area contributed by atoms with E-state index < -0.39 is 0 Å². The molecule has 0 aliphatic carbocycles. The van der Waals surface area contributed by atoms with Crippen LogP contribution in [-0.4, -0.2) is 38.1 Å². The number of rotatable bonds is 4. The molecular weight excluding hydrogens is 302 g/mol. The molecule has 1 aliphatic heterocycles. The minimum atomic E-state index is 0.294. The van der Waals surface area contributed by atoms with E-state index in [4.69, 9.17) is 4.52 Å².